The van der Waals surface area contributed by atoms with Crippen molar-refractivity contribution in [3.05, 3.63) is 37.0 Å². The van der Waals surface area contributed by atoms with Crippen molar-refractivity contribution in [2.75, 3.05) is 19.6 Å². The van der Waals surface area contributed by atoms with E-state index in [0.717, 1.165) is 0 Å². The Morgan fingerprint density at radius 3 is 2.50 bits per heavy atom. The summed E-state index contributed by atoms with van der Waals surface area (Å²) in [7, 11) is 0. The van der Waals surface area contributed by atoms with Crippen LogP contribution >= 0.6 is 0 Å². The molecule has 1 heterocycles. The summed E-state index contributed by atoms with van der Waals surface area (Å²) in [6.45, 7) is 7.45. The first-order chi connectivity index (χ1) is 6.93. The molecule has 78 valence electrons. The Hall–Kier alpha value is -0.820. The number of hydrogen-bond acceptors (Lipinski definition) is 1. The molecule has 14 heavy (non-hydrogen) atoms. The summed E-state index contributed by atoms with van der Waals surface area (Å²) in [5, 5.41) is 0. The van der Waals surface area contributed by atoms with Crippen LogP contribution in [0.5, 0.6) is 0 Å². The summed E-state index contributed by atoms with van der Waals surface area (Å²) in [5.41, 5.74) is 0. The van der Waals surface area contributed by atoms with E-state index >= 15 is 0 Å². The Balaban J connectivity index is 2.04. The van der Waals surface area contributed by atoms with Crippen LogP contribution in [0.2, 0.25) is 0 Å². The van der Waals surface area contributed by atoms with E-state index in [-0.39, 0.29) is 0 Å². The maximum atomic E-state index is 3.62. The minimum atomic E-state index is 1.17. The number of likely N-dealkylation sites (tertiary alicyclic amines) is 1. The fourth-order valence-corrected chi connectivity index (χ4v) is 1.76. The van der Waals surface area contributed by atoms with Gasteiger partial charge in [-0.15, -0.1) is 0 Å². The Kier molecular flexibility index (Phi) is 6.09. The van der Waals surface area contributed by atoms with Crippen molar-refractivity contribution in [2.45, 2.75) is 25.7 Å². The van der Waals surface area contributed by atoms with Crippen LogP contribution in [-0.4, -0.2) is 24.5 Å². The molecular formula is C13H21N. The van der Waals surface area contributed by atoms with Gasteiger partial charge in [-0.1, -0.05) is 43.4 Å². The second-order valence-corrected chi connectivity index (χ2v) is 3.74. The van der Waals surface area contributed by atoms with Crippen LogP contribution in [0.3, 0.4) is 0 Å². The van der Waals surface area contributed by atoms with Gasteiger partial charge in [0.1, 0.15) is 0 Å². The number of piperidine rings is 1. The van der Waals surface area contributed by atoms with Gasteiger partial charge in [0.25, 0.3) is 0 Å². The van der Waals surface area contributed by atoms with Crippen molar-refractivity contribution in [1.82, 2.24) is 4.90 Å². The molecule has 0 unspecified atom stereocenters. The van der Waals surface area contributed by atoms with Gasteiger partial charge in [-0.2, -0.15) is 0 Å². The maximum absolute atomic E-state index is 3.62. The molecule has 1 nitrogen and oxygen atoms in total. The zero-order chi connectivity index (χ0) is 10.1. The summed E-state index contributed by atoms with van der Waals surface area (Å²) < 4.78 is 0. The molecule has 1 saturated heterocycles. The molecule has 0 atom stereocenters. The smallest absolute Gasteiger partial charge is 0.00160 e. The lowest BCUT2D eigenvalue weighted by Crippen LogP contribution is -2.30. The minimum absolute atomic E-state index is 1.17. The third-order valence-corrected chi connectivity index (χ3v) is 2.56. The van der Waals surface area contributed by atoms with E-state index in [1.807, 2.05) is 12.2 Å². The highest BCUT2D eigenvalue weighted by Gasteiger charge is 2.07. The molecule has 1 fully saturated rings. The molecule has 1 rings (SSSR count). The zero-order valence-corrected chi connectivity index (χ0v) is 8.99. The summed E-state index contributed by atoms with van der Waals surface area (Å²) >= 11 is 0. The van der Waals surface area contributed by atoms with E-state index in [9.17, 15) is 0 Å². The van der Waals surface area contributed by atoms with Crippen molar-refractivity contribution in [2.24, 2.45) is 0 Å². The molecule has 0 N–H and O–H groups in total. The van der Waals surface area contributed by atoms with Gasteiger partial charge in [-0.3, -0.25) is 0 Å². The Bertz CT molecular complexity index is 197. The summed E-state index contributed by atoms with van der Waals surface area (Å²) in [6, 6.07) is 0. The molecule has 0 aromatic rings. The van der Waals surface area contributed by atoms with Crippen LogP contribution in [-0.2, 0) is 0 Å². The lowest BCUT2D eigenvalue weighted by molar-refractivity contribution is 0.233. The molecule has 0 spiro atoms. The van der Waals surface area contributed by atoms with E-state index in [2.05, 4.69) is 23.6 Å². The van der Waals surface area contributed by atoms with Crippen molar-refractivity contribution < 1.29 is 0 Å². The van der Waals surface area contributed by atoms with Crippen LogP contribution in [0.4, 0.5) is 0 Å². The first-order valence-corrected chi connectivity index (χ1v) is 5.60. The van der Waals surface area contributed by atoms with Gasteiger partial charge in [-0.25, -0.2) is 0 Å². The molecule has 0 bridgehead atoms. The van der Waals surface area contributed by atoms with E-state index < -0.39 is 0 Å². The minimum Gasteiger partial charge on any atom is -0.303 e. The molecule has 1 aliphatic rings. The Morgan fingerprint density at radius 1 is 1.00 bits per heavy atom. The monoisotopic (exact) mass is 191 g/mol. The predicted octanol–water partition coefficient (Wildman–Crippen LogP) is 3.16. The molecule has 0 aromatic carbocycles. The van der Waals surface area contributed by atoms with E-state index in [1.54, 1.807) is 6.08 Å². The molecule has 0 radical (unpaired) electrons. The molecule has 1 heteroatoms. The standard InChI is InChI=1S/C13H21N/c1-2-3-4-5-6-8-11-14-12-9-7-10-13-14/h2-6H,1,7-13H2/b4-3-,6-5-. The summed E-state index contributed by atoms with van der Waals surface area (Å²) in [5.74, 6) is 0. The van der Waals surface area contributed by atoms with Gasteiger partial charge in [-0.05, 0) is 32.4 Å². The van der Waals surface area contributed by atoms with Crippen LogP contribution in [0.1, 0.15) is 25.7 Å². The van der Waals surface area contributed by atoms with Gasteiger partial charge < -0.3 is 4.90 Å². The second kappa shape index (κ2) is 7.57. The third kappa shape index (κ3) is 5.03. The van der Waals surface area contributed by atoms with Crippen LogP contribution in [0, 0.1) is 0 Å². The van der Waals surface area contributed by atoms with Crippen molar-refractivity contribution in [3.63, 3.8) is 0 Å². The van der Waals surface area contributed by atoms with Crippen molar-refractivity contribution in [1.29, 1.82) is 0 Å². The summed E-state index contributed by atoms with van der Waals surface area (Å²) in [6.07, 6.45) is 15.5. The molecule has 0 aromatic heterocycles. The van der Waals surface area contributed by atoms with E-state index in [0.29, 0.717) is 0 Å². The highest BCUT2D eigenvalue weighted by atomic mass is 15.1. The van der Waals surface area contributed by atoms with Gasteiger partial charge >= 0.3 is 0 Å². The van der Waals surface area contributed by atoms with Crippen molar-refractivity contribution in [3.8, 4) is 0 Å². The number of hydrogen-bond donors (Lipinski definition) is 0. The average Bonchev–Trinajstić information content (AvgIpc) is 2.25. The zero-order valence-electron chi connectivity index (χ0n) is 8.99. The molecule has 0 saturated carbocycles. The van der Waals surface area contributed by atoms with E-state index in [1.165, 1.54) is 45.3 Å². The van der Waals surface area contributed by atoms with Gasteiger partial charge in [0.15, 0.2) is 0 Å². The molecule has 1 aliphatic heterocycles. The number of rotatable bonds is 5. The molecular weight excluding hydrogens is 170 g/mol. The summed E-state index contributed by atoms with van der Waals surface area (Å²) in [4.78, 5) is 2.56. The highest BCUT2D eigenvalue weighted by molar-refractivity contribution is 5.08. The third-order valence-electron chi connectivity index (χ3n) is 2.56. The SMILES string of the molecule is C=C/C=C\C=C/CCN1CCCCC1. The van der Waals surface area contributed by atoms with Crippen LogP contribution < -0.4 is 0 Å². The fraction of sp³-hybridized carbons (Fsp3) is 0.538. The quantitative estimate of drug-likeness (QED) is 0.603. The number of nitrogens with zero attached hydrogens (tertiary/aromatic N) is 1. The van der Waals surface area contributed by atoms with Gasteiger partial charge in [0.2, 0.25) is 0 Å². The topological polar surface area (TPSA) is 3.24 Å². The lowest BCUT2D eigenvalue weighted by atomic mass is 10.1. The largest absolute Gasteiger partial charge is 0.303 e. The Labute approximate surface area is 87.8 Å². The van der Waals surface area contributed by atoms with Crippen LogP contribution in [0.25, 0.3) is 0 Å². The van der Waals surface area contributed by atoms with Crippen molar-refractivity contribution >= 4 is 0 Å². The Morgan fingerprint density at radius 2 is 1.79 bits per heavy atom. The average molecular weight is 191 g/mol. The van der Waals surface area contributed by atoms with E-state index in [4.69, 9.17) is 0 Å². The lowest BCUT2D eigenvalue weighted by Gasteiger charge is -2.25. The van der Waals surface area contributed by atoms with Crippen LogP contribution in [0.15, 0.2) is 37.0 Å². The van der Waals surface area contributed by atoms with Gasteiger partial charge in [0.05, 0.1) is 0 Å². The molecule has 0 amide bonds. The first kappa shape index (κ1) is 11.3. The first-order valence-electron chi connectivity index (χ1n) is 5.60. The molecule has 0 aliphatic carbocycles. The maximum Gasteiger partial charge on any atom is 0.00160 e. The van der Waals surface area contributed by atoms with Gasteiger partial charge in [0, 0.05) is 6.54 Å². The highest BCUT2D eigenvalue weighted by Crippen LogP contribution is 2.08. The predicted molar refractivity (Wildman–Crippen MR) is 63.4 cm³/mol. The fourth-order valence-electron chi connectivity index (χ4n) is 1.76. The number of allylic oxidation sites excluding steroid dienone is 4. The normalized spacial score (nSPS) is 19.4. The second-order valence-electron chi connectivity index (χ2n) is 3.74.